The number of benzene rings is 2. The number of pyridine rings is 1. The Morgan fingerprint density at radius 3 is 2.47 bits per heavy atom. The van der Waals surface area contributed by atoms with Crippen LogP contribution >= 0.6 is 23.2 Å². The van der Waals surface area contributed by atoms with Gasteiger partial charge in [0.05, 0.1) is 21.3 Å². The second-order valence-corrected chi connectivity index (χ2v) is 5.28. The van der Waals surface area contributed by atoms with Crippen molar-refractivity contribution in [3.63, 3.8) is 0 Å². The minimum atomic E-state index is 0.548. The zero-order chi connectivity index (χ0) is 13.4. The van der Waals surface area contributed by atoms with Crippen LogP contribution in [-0.4, -0.2) is 4.98 Å². The Kier molecular flexibility index (Phi) is 3.17. The van der Waals surface area contributed by atoms with Gasteiger partial charge in [-0.15, -0.1) is 0 Å². The van der Waals surface area contributed by atoms with Gasteiger partial charge in [-0.1, -0.05) is 47.5 Å². The molecule has 1 heterocycles. The SMILES string of the molecule is Cc1cc(-c2ccc(Cl)c(Cl)c2)nc2ccccc12. The molecule has 1 aromatic heterocycles. The Balaban J connectivity index is 2.22. The number of aryl methyl sites for hydroxylation is 1. The summed E-state index contributed by atoms with van der Waals surface area (Å²) in [5, 5.41) is 2.28. The zero-order valence-electron chi connectivity index (χ0n) is 10.3. The molecule has 0 unspecified atom stereocenters. The van der Waals surface area contributed by atoms with Crippen molar-refractivity contribution in [1.82, 2.24) is 4.98 Å². The van der Waals surface area contributed by atoms with Crippen molar-refractivity contribution in [3.8, 4) is 11.3 Å². The van der Waals surface area contributed by atoms with Gasteiger partial charge >= 0.3 is 0 Å². The number of aromatic nitrogens is 1. The zero-order valence-corrected chi connectivity index (χ0v) is 11.8. The first-order valence-electron chi connectivity index (χ1n) is 5.97. The molecule has 0 aliphatic carbocycles. The third-order valence-corrected chi connectivity index (χ3v) is 3.88. The monoisotopic (exact) mass is 287 g/mol. The summed E-state index contributed by atoms with van der Waals surface area (Å²) in [5.74, 6) is 0. The molecule has 0 radical (unpaired) electrons. The highest BCUT2D eigenvalue weighted by Gasteiger charge is 2.06. The molecule has 0 N–H and O–H groups in total. The highest BCUT2D eigenvalue weighted by atomic mass is 35.5. The molecule has 3 rings (SSSR count). The summed E-state index contributed by atoms with van der Waals surface area (Å²) >= 11 is 12.0. The topological polar surface area (TPSA) is 12.9 Å². The van der Waals surface area contributed by atoms with Crippen LogP contribution in [0.4, 0.5) is 0 Å². The Labute approximate surface area is 121 Å². The standard InChI is InChI=1S/C16H11Cl2N/c1-10-8-16(11-6-7-13(17)14(18)9-11)19-15-5-3-2-4-12(10)15/h2-9H,1H3. The fourth-order valence-electron chi connectivity index (χ4n) is 2.15. The molecular weight excluding hydrogens is 277 g/mol. The van der Waals surface area contributed by atoms with Crippen molar-refractivity contribution in [2.24, 2.45) is 0 Å². The van der Waals surface area contributed by atoms with E-state index in [2.05, 4.69) is 24.0 Å². The molecule has 0 fully saturated rings. The van der Waals surface area contributed by atoms with Gasteiger partial charge in [-0.3, -0.25) is 0 Å². The van der Waals surface area contributed by atoms with E-state index in [1.165, 1.54) is 10.9 Å². The molecule has 0 atom stereocenters. The molecule has 94 valence electrons. The quantitative estimate of drug-likeness (QED) is 0.574. The summed E-state index contributed by atoms with van der Waals surface area (Å²) in [7, 11) is 0. The van der Waals surface area contributed by atoms with Gasteiger partial charge in [0.15, 0.2) is 0 Å². The Morgan fingerprint density at radius 1 is 0.895 bits per heavy atom. The molecule has 0 aliphatic rings. The Hall–Kier alpha value is -1.57. The summed E-state index contributed by atoms with van der Waals surface area (Å²) in [6.07, 6.45) is 0. The van der Waals surface area contributed by atoms with Crippen LogP contribution in [0.1, 0.15) is 5.56 Å². The molecule has 0 saturated carbocycles. The number of hydrogen-bond acceptors (Lipinski definition) is 1. The van der Waals surface area contributed by atoms with Gasteiger partial charge in [0.2, 0.25) is 0 Å². The first-order chi connectivity index (χ1) is 9.15. The van der Waals surface area contributed by atoms with E-state index in [4.69, 9.17) is 23.2 Å². The molecule has 0 saturated heterocycles. The van der Waals surface area contributed by atoms with Crippen LogP contribution in [-0.2, 0) is 0 Å². The first-order valence-corrected chi connectivity index (χ1v) is 6.72. The molecular formula is C16H11Cl2N. The minimum absolute atomic E-state index is 0.548. The van der Waals surface area contributed by atoms with E-state index >= 15 is 0 Å². The predicted octanol–water partition coefficient (Wildman–Crippen LogP) is 5.52. The van der Waals surface area contributed by atoms with E-state index < -0.39 is 0 Å². The molecule has 0 aliphatic heterocycles. The lowest BCUT2D eigenvalue weighted by Crippen LogP contribution is -1.88. The molecule has 2 aromatic carbocycles. The van der Waals surface area contributed by atoms with Crippen LogP contribution in [0.3, 0.4) is 0 Å². The first kappa shape index (κ1) is 12.5. The molecule has 3 aromatic rings. The number of halogens is 2. The van der Waals surface area contributed by atoms with Crippen molar-refractivity contribution in [2.45, 2.75) is 6.92 Å². The maximum atomic E-state index is 6.06. The van der Waals surface area contributed by atoms with E-state index in [0.29, 0.717) is 10.0 Å². The number of hydrogen-bond donors (Lipinski definition) is 0. The van der Waals surface area contributed by atoms with Crippen molar-refractivity contribution < 1.29 is 0 Å². The van der Waals surface area contributed by atoms with Crippen LogP contribution < -0.4 is 0 Å². The van der Waals surface area contributed by atoms with Crippen LogP contribution in [0.15, 0.2) is 48.5 Å². The molecule has 0 spiro atoms. The van der Waals surface area contributed by atoms with Crippen LogP contribution in [0.2, 0.25) is 10.0 Å². The van der Waals surface area contributed by atoms with Crippen molar-refractivity contribution in [3.05, 3.63) is 64.1 Å². The fraction of sp³-hybridized carbons (Fsp3) is 0.0625. The van der Waals surface area contributed by atoms with E-state index in [0.717, 1.165) is 16.8 Å². The van der Waals surface area contributed by atoms with Gasteiger partial charge in [-0.25, -0.2) is 4.98 Å². The van der Waals surface area contributed by atoms with Gasteiger partial charge in [-0.05, 0) is 36.8 Å². The molecule has 0 amide bonds. The molecule has 0 bridgehead atoms. The number of nitrogens with zero attached hydrogens (tertiary/aromatic N) is 1. The van der Waals surface area contributed by atoms with Gasteiger partial charge in [0.25, 0.3) is 0 Å². The second kappa shape index (κ2) is 4.84. The smallest absolute Gasteiger partial charge is 0.0712 e. The third-order valence-electron chi connectivity index (χ3n) is 3.14. The molecule has 1 nitrogen and oxygen atoms in total. The molecule has 3 heteroatoms. The summed E-state index contributed by atoms with van der Waals surface area (Å²) in [5.41, 5.74) is 4.08. The minimum Gasteiger partial charge on any atom is -0.248 e. The lowest BCUT2D eigenvalue weighted by Gasteiger charge is -2.07. The van der Waals surface area contributed by atoms with E-state index in [1.54, 1.807) is 6.07 Å². The van der Waals surface area contributed by atoms with Gasteiger partial charge in [-0.2, -0.15) is 0 Å². The van der Waals surface area contributed by atoms with E-state index in [-0.39, 0.29) is 0 Å². The fourth-order valence-corrected chi connectivity index (χ4v) is 2.45. The highest BCUT2D eigenvalue weighted by molar-refractivity contribution is 6.42. The van der Waals surface area contributed by atoms with Gasteiger partial charge in [0.1, 0.15) is 0 Å². The van der Waals surface area contributed by atoms with Crippen molar-refractivity contribution in [2.75, 3.05) is 0 Å². The summed E-state index contributed by atoms with van der Waals surface area (Å²) < 4.78 is 0. The van der Waals surface area contributed by atoms with Gasteiger partial charge < -0.3 is 0 Å². The van der Waals surface area contributed by atoms with E-state index in [9.17, 15) is 0 Å². The maximum Gasteiger partial charge on any atom is 0.0712 e. The lowest BCUT2D eigenvalue weighted by atomic mass is 10.1. The lowest BCUT2D eigenvalue weighted by molar-refractivity contribution is 1.36. The van der Waals surface area contributed by atoms with Crippen LogP contribution in [0, 0.1) is 6.92 Å². The normalized spacial score (nSPS) is 10.9. The average Bonchev–Trinajstić information content (AvgIpc) is 2.42. The summed E-state index contributed by atoms with van der Waals surface area (Å²) in [6.45, 7) is 2.09. The third kappa shape index (κ3) is 2.32. The van der Waals surface area contributed by atoms with Crippen molar-refractivity contribution >= 4 is 34.1 Å². The molecule has 19 heavy (non-hydrogen) atoms. The summed E-state index contributed by atoms with van der Waals surface area (Å²) in [6, 6.07) is 15.8. The van der Waals surface area contributed by atoms with Crippen molar-refractivity contribution in [1.29, 1.82) is 0 Å². The average molecular weight is 288 g/mol. The predicted molar refractivity (Wildman–Crippen MR) is 81.9 cm³/mol. The summed E-state index contributed by atoms with van der Waals surface area (Å²) in [4.78, 5) is 4.68. The highest BCUT2D eigenvalue weighted by Crippen LogP contribution is 2.29. The number of para-hydroxylation sites is 1. The van der Waals surface area contributed by atoms with Crippen LogP contribution in [0.5, 0.6) is 0 Å². The van der Waals surface area contributed by atoms with Gasteiger partial charge in [0, 0.05) is 10.9 Å². The van der Waals surface area contributed by atoms with E-state index in [1.807, 2.05) is 30.3 Å². The number of fused-ring (bicyclic) bond motifs is 1. The maximum absolute atomic E-state index is 6.06. The number of rotatable bonds is 1. The Bertz CT molecular complexity index is 766. The Morgan fingerprint density at radius 2 is 1.68 bits per heavy atom. The van der Waals surface area contributed by atoms with Crippen LogP contribution in [0.25, 0.3) is 22.2 Å². The largest absolute Gasteiger partial charge is 0.248 e. The second-order valence-electron chi connectivity index (χ2n) is 4.47.